The topological polar surface area (TPSA) is 72.0 Å². The van der Waals surface area contributed by atoms with E-state index in [-0.39, 0.29) is 6.04 Å². The first-order valence-corrected chi connectivity index (χ1v) is 8.63. The summed E-state index contributed by atoms with van der Waals surface area (Å²) < 4.78 is 7.10. The van der Waals surface area contributed by atoms with Gasteiger partial charge in [-0.05, 0) is 31.3 Å². The fourth-order valence-corrected chi connectivity index (χ4v) is 3.07. The number of likely N-dealkylation sites (N-methyl/N-ethyl adjacent to an activating group) is 1. The zero-order valence-electron chi connectivity index (χ0n) is 13.5. The number of nitrogens with zero attached hydrogens (tertiary/aromatic N) is 5. The molecule has 3 heterocycles. The van der Waals surface area contributed by atoms with Crippen molar-refractivity contribution in [2.45, 2.75) is 6.04 Å². The highest BCUT2D eigenvalue weighted by molar-refractivity contribution is 6.42. The number of rotatable bonds is 3. The summed E-state index contributed by atoms with van der Waals surface area (Å²) in [5.41, 5.74) is 1.41. The number of piperazine rings is 1. The lowest BCUT2D eigenvalue weighted by atomic mass is 10.2. The van der Waals surface area contributed by atoms with Gasteiger partial charge < -0.3 is 9.84 Å². The minimum absolute atomic E-state index is 0.100. The normalized spacial score (nSPS) is 18.6. The fraction of sp³-hybridized carbons (Fsp3) is 0.312. The van der Waals surface area contributed by atoms with E-state index < -0.39 is 0 Å². The number of halogens is 2. The first-order chi connectivity index (χ1) is 12.1. The van der Waals surface area contributed by atoms with Crippen molar-refractivity contribution < 1.29 is 4.52 Å². The van der Waals surface area contributed by atoms with Crippen LogP contribution in [0.5, 0.6) is 0 Å². The van der Waals surface area contributed by atoms with Crippen molar-refractivity contribution in [2.75, 3.05) is 26.7 Å². The van der Waals surface area contributed by atoms with Crippen LogP contribution in [-0.2, 0) is 0 Å². The highest BCUT2D eigenvalue weighted by Gasteiger charge is 2.26. The molecular weight excluding hydrogens is 363 g/mol. The smallest absolute Gasteiger partial charge is 0.278 e. The van der Waals surface area contributed by atoms with Gasteiger partial charge in [-0.25, -0.2) is 4.68 Å². The third-order valence-corrected chi connectivity index (χ3v) is 4.97. The Morgan fingerprint density at radius 3 is 2.92 bits per heavy atom. The Labute approximate surface area is 154 Å². The largest absolute Gasteiger partial charge is 0.332 e. The molecular formula is C16H16Cl2N6O. The van der Waals surface area contributed by atoms with E-state index in [9.17, 15) is 0 Å². The molecule has 7 nitrogen and oxygen atoms in total. The van der Waals surface area contributed by atoms with E-state index in [2.05, 4.69) is 32.5 Å². The second-order valence-electron chi connectivity index (χ2n) is 5.90. The van der Waals surface area contributed by atoms with Crippen LogP contribution in [0.3, 0.4) is 0 Å². The van der Waals surface area contributed by atoms with E-state index in [1.54, 1.807) is 16.8 Å². The second kappa shape index (κ2) is 6.76. The van der Waals surface area contributed by atoms with Crippen molar-refractivity contribution in [2.24, 2.45) is 0 Å². The number of hydrogen-bond acceptors (Lipinski definition) is 6. The molecule has 25 heavy (non-hydrogen) atoms. The van der Waals surface area contributed by atoms with Crippen molar-refractivity contribution in [3.8, 4) is 17.3 Å². The SMILES string of the molecule is CN1CCNCC1c1noc(-c2ccn(-c3ccc(Cl)c(Cl)c3)n2)n1. The highest BCUT2D eigenvalue weighted by Crippen LogP contribution is 2.26. The van der Waals surface area contributed by atoms with Crippen LogP contribution >= 0.6 is 23.2 Å². The Bertz CT molecular complexity index is 892. The number of hydrogen-bond donors (Lipinski definition) is 1. The number of benzene rings is 1. The van der Waals surface area contributed by atoms with Gasteiger partial charge in [-0.2, -0.15) is 10.1 Å². The van der Waals surface area contributed by atoms with Gasteiger partial charge in [0.25, 0.3) is 5.89 Å². The summed E-state index contributed by atoms with van der Waals surface area (Å²) in [4.78, 5) is 6.72. The van der Waals surface area contributed by atoms with Gasteiger partial charge in [0.2, 0.25) is 0 Å². The molecule has 0 radical (unpaired) electrons. The van der Waals surface area contributed by atoms with Crippen LogP contribution in [0.2, 0.25) is 10.0 Å². The van der Waals surface area contributed by atoms with Gasteiger partial charge in [0.15, 0.2) is 11.5 Å². The summed E-state index contributed by atoms with van der Waals surface area (Å²) in [6, 6.07) is 7.25. The molecule has 1 N–H and O–H groups in total. The summed E-state index contributed by atoms with van der Waals surface area (Å²) in [5, 5.41) is 12.9. The predicted molar refractivity (Wildman–Crippen MR) is 95.1 cm³/mol. The van der Waals surface area contributed by atoms with Crippen LogP contribution in [0.1, 0.15) is 11.9 Å². The maximum atomic E-state index is 6.07. The van der Waals surface area contributed by atoms with E-state index >= 15 is 0 Å². The number of aromatic nitrogens is 4. The molecule has 1 fully saturated rings. The first kappa shape index (κ1) is 16.5. The third-order valence-electron chi connectivity index (χ3n) is 4.23. The molecule has 1 aromatic carbocycles. The van der Waals surface area contributed by atoms with Crippen LogP contribution < -0.4 is 5.32 Å². The Morgan fingerprint density at radius 2 is 2.12 bits per heavy atom. The van der Waals surface area contributed by atoms with E-state index in [1.165, 1.54) is 0 Å². The molecule has 4 rings (SSSR count). The summed E-state index contributed by atoms with van der Waals surface area (Å²) in [6.07, 6.45) is 1.81. The van der Waals surface area contributed by atoms with Gasteiger partial charge in [0, 0.05) is 25.8 Å². The zero-order chi connectivity index (χ0) is 17.4. The molecule has 1 atom stereocenters. The maximum absolute atomic E-state index is 6.07. The van der Waals surface area contributed by atoms with E-state index in [0.29, 0.717) is 27.5 Å². The molecule has 1 aliphatic rings. The molecule has 0 spiro atoms. The Hall–Kier alpha value is -1.93. The van der Waals surface area contributed by atoms with Crippen LogP contribution in [-0.4, -0.2) is 51.5 Å². The molecule has 1 saturated heterocycles. The minimum Gasteiger partial charge on any atom is -0.332 e. The molecule has 0 bridgehead atoms. The Kier molecular flexibility index (Phi) is 4.47. The summed E-state index contributed by atoms with van der Waals surface area (Å²) in [6.45, 7) is 2.71. The van der Waals surface area contributed by atoms with Crippen LogP contribution in [0.15, 0.2) is 35.0 Å². The Morgan fingerprint density at radius 1 is 1.24 bits per heavy atom. The zero-order valence-corrected chi connectivity index (χ0v) is 15.0. The molecule has 0 amide bonds. The summed E-state index contributed by atoms with van der Waals surface area (Å²) in [7, 11) is 2.06. The van der Waals surface area contributed by atoms with Crippen LogP contribution in [0, 0.1) is 0 Å². The Balaban J connectivity index is 1.59. The monoisotopic (exact) mass is 378 g/mol. The van der Waals surface area contributed by atoms with Crippen LogP contribution in [0.25, 0.3) is 17.3 Å². The van der Waals surface area contributed by atoms with Gasteiger partial charge in [0.05, 0.1) is 21.8 Å². The average molecular weight is 379 g/mol. The van der Waals surface area contributed by atoms with Gasteiger partial charge in [-0.15, -0.1) is 0 Å². The number of nitrogens with one attached hydrogen (secondary N) is 1. The lowest BCUT2D eigenvalue weighted by molar-refractivity contribution is 0.190. The van der Waals surface area contributed by atoms with Gasteiger partial charge in [-0.3, -0.25) is 4.90 Å². The molecule has 1 unspecified atom stereocenters. The van der Waals surface area contributed by atoms with Crippen LogP contribution in [0.4, 0.5) is 0 Å². The van der Waals surface area contributed by atoms with Crippen molar-refractivity contribution >= 4 is 23.2 Å². The standard InChI is InChI=1S/C16H16Cl2N6O/c1-23-7-5-19-9-14(23)15-20-16(25-22-15)13-4-6-24(21-13)10-2-3-11(17)12(18)8-10/h2-4,6,8,14,19H,5,7,9H2,1H3. The van der Waals surface area contributed by atoms with Crippen molar-refractivity contribution in [3.05, 3.63) is 46.3 Å². The molecule has 2 aromatic heterocycles. The lowest BCUT2D eigenvalue weighted by Crippen LogP contribution is -2.44. The van der Waals surface area contributed by atoms with Gasteiger partial charge in [-0.1, -0.05) is 28.4 Å². The van der Waals surface area contributed by atoms with Gasteiger partial charge >= 0.3 is 0 Å². The van der Waals surface area contributed by atoms with Crippen molar-refractivity contribution in [1.29, 1.82) is 0 Å². The molecule has 1 aliphatic heterocycles. The minimum atomic E-state index is 0.100. The van der Waals surface area contributed by atoms with E-state index in [4.69, 9.17) is 27.7 Å². The lowest BCUT2D eigenvalue weighted by Gasteiger charge is -2.30. The van der Waals surface area contributed by atoms with E-state index in [1.807, 2.05) is 18.3 Å². The van der Waals surface area contributed by atoms with Crippen molar-refractivity contribution in [1.82, 2.24) is 30.1 Å². The quantitative estimate of drug-likeness (QED) is 0.755. The highest BCUT2D eigenvalue weighted by atomic mass is 35.5. The molecule has 3 aromatic rings. The predicted octanol–water partition coefficient (Wildman–Crippen LogP) is 2.81. The second-order valence-corrected chi connectivity index (χ2v) is 6.72. The summed E-state index contributed by atoms with van der Waals surface area (Å²) in [5.74, 6) is 1.06. The molecule has 9 heteroatoms. The van der Waals surface area contributed by atoms with Gasteiger partial charge in [0.1, 0.15) is 0 Å². The van der Waals surface area contributed by atoms with E-state index in [0.717, 1.165) is 25.3 Å². The molecule has 0 saturated carbocycles. The fourth-order valence-electron chi connectivity index (χ4n) is 2.78. The van der Waals surface area contributed by atoms with Crippen molar-refractivity contribution in [3.63, 3.8) is 0 Å². The maximum Gasteiger partial charge on any atom is 0.278 e. The molecule has 130 valence electrons. The molecule has 0 aliphatic carbocycles. The average Bonchev–Trinajstić information content (AvgIpc) is 3.27. The third kappa shape index (κ3) is 3.28. The first-order valence-electron chi connectivity index (χ1n) is 7.88. The summed E-state index contributed by atoms with van der Waals surface area (Å²) >= 11 is 12.0.